The molecule has 126 valence electrons. The van der Waals surface area contributed by atoms with Gasteiger partial charge in [-0.2, -0.15) is 0 Å². The van der Waals surface area contributed by atoms with Crippen LogP contribution in [0, 0.1) is 0 Å². The first-order valence-electron chi connectivity index (χ1n) is 8.40. The predicted octanol–water partition coefficient (Wildman–Crippen LogP) is 2.18. The lowest BCUT2D eigenvalue weighted by molar-refractivity contribution is 0.185. The fraction of sp³-hybridized carbons (Fsp3) is 0.471. The van der Waals surface area contributed by atoms with Crippen molar-refractivity contribution in [1.29, 1.82) is 0 Å². The Labute approximate surface area is 140 Å². The van der Waals surface area contributed by atoms with Crippen LogP contribution in [0.15, 0.2) is 31.0 Å². The molecule has 1 fully saturated rings. The molecular formula is C17H22N6O. The van der Waals surface area contributed by atoms with Crippen molar-refractivity contribution in [2.24, 2.45) is 0 Å². The van der Waals surface area contributed by atoms with Crippen LogP contribution in [0.25, 0.3) is 11.0 Å². The molecule has 1 saturated heterocycles. The molecule has 24 heavy (non-hydrogen) atoms. The molecule has 1 aliphatic heterocycles. The van der Waals surface area contributed by atoms with Crippen LogP contribution in [0.2, 0.25) is 0 Å². The SMILES string of the molecule is COCCn1ccnc1[C@H]1CCCN(c2ncnc3[nH]ccc23)C1. The van der Waals surface area contributed by atoms with Gasteiger partial charge in [-0.3, -0.25) is 0 Å². The standard InChI is InChI=1S/C17H22N6O/c1-24-10-9-22-8-6-19-16(22)13-3-2-7-23(11-13)17-14-4-5-18-15(14)20-12-21-17/h4-6,8,12-13H,2-3,7,9-11H2,1H3,(H,18,20,21)/t13-/m0/s1. The first-order valence-corrected chi connectivity index (χ1v) is 8.40. The molecule has 1 N–H and O–H groups in total. The fourth-order valence-electron chi connectivity index (χ4n) is 3.55. The van der Waals surface area contributed by atoms with Gasteiger partial charge in [0.1, 0.15) is 23.6 Å². The van der Waals surface area contributed by atoms with Crippen LogP contribution in [-0.4, -0.2) is 51.3 Å². The third-order valence-electron chi connectivity index (χ3n) is 4.70. The average Bonchev–Trinajstić information content (AvgIpc) is 3.28. The molecule has 4 rings (SSSR count). The molecule has 0 amide bonds. The maximum absolute atomic E-state index is 5.21. The van der Waals surface area contributed by atoms with Crippen molar-refractivity contribution in [1.82, 2.24) is 24.5 Å². The van der Waals surface area contributed by atoms with Gasteiger partial charge >= 0.3 is 0 Å². The number of hydrogen-bond acceptors (Lipinski definition) is 5. The Kier molecular flexibility index (Phi) is 4.17. The highest BCUT2D eigenvalue weighted by Gasteiger charge is 2.26. The molecule has 1 aliphatic rings. The van der Waals surface area contributed by atoms with Gasteiger partial charge in [-0.1, -0.05) is 0 Å². The van der Waals surface area contributed by atoms with E-state index in [1.807, 2.05) is 24.7 Å². The molecule has 0 saturated carbocycles. The number of hydrogen-bond donors (Lipinski definition) is 1. The lowest BCUT2D eigenvalue weighted by Crippen LogP contribution is -2.36. The third-order valence-corrected chi connectivity index (χ3v) is 4.70. The number of ether oxygens (including phenoxy) is 1. The van der Waals surface area contributed by atoms with Crippen LogP contribution in [-0.2, 0) is 11.3 Å². The summed E-state index contributed by atoms with van der Waals surface area (Å²) < 4.78 is 7.42. The molecule has 0 radical (unpaired) electrons. The predicted molar refractivity (Wildman–Crippen MR) is 92.2 cm³/mol. The summed E-state index contributed by atoms with van der Waals surface area (Å²) in [5.41, 5.74) is 0.892. The van der Waals surface area contributed by atoms with E-state index in [0.717, 1.165) is 55.2 Å². The van der Waals surface area contributed by atoms with Gasteiger partial charge in [-0.05, 0) is 18.9 Å². The van der Waals surface area contributed by atoms with Gasteiger partial charge < -0.3 is 19.2 Å². The molecule has 3 aromatic rings. The molecule has 0 bridgehead atoms. The Morgan fingerprint density at radius 1 is 1.33 bits per heavy atom. The van der Waals surface area contributed by atoms with Gasteiger partial charge in [-0.15, -0.1) is 0 Å². The summed E-state index contributed by atoms with van der Waals surface area (Å²) in [7, 11) is 1.73. The van der Waals surface area contributed by atoms with Crippen LogP contribution >= 0.6 is 0 Å². The Morgan fingerprint density at radius 3 is 3.21 bits per heavy atom. The number of imidazole rings is 1. The number of fused-ring (bicyclic) bond motifs is 1. The second kappa shape index (κ2) is 6.60. The monoisotopic (exact) mass is 326 g/mol. The van der Waals surface area contributed by atoms with Crippen LogP contribution < -0.4 is 4.90 Å². The maximum Gasteiger partial charge on any atom is 0.142 e. The fourth-order valence-corrected chi connectivity index (χ4v) is 3.55. The number of nitrogens with one attached hydrogen (secondary N) is 1. The summed E-state index contributed by atoms with van der Waals surface area (Å²) in [5.74, 6) is 2.58. The van der Waals surface area contributed by atoms with Gasteiger partial charge in [0.2, 0.25) is 0 Å². The minimum absolute atomic E-state index is 0.412. The number of aromatic nitrogens is 5. The Hall–Kier alpha value is -2.41. The van der Waals surface area contributed by atoms with E-state index < -0.39 is 0 Å². The molecule has 0 spiro atoms. The van der Waals surface area contributed by atoms with Crippen molar-refractivity contribution in [3.63, 3.8) is 0 Å². The highest BCUT2D eigenvalue weighted by Crippen LogP contribution is 2.31. The van der Waals surface area contributed by atoms with E-state index in [0.29, 0.717) is 12.5 Å². The summed E-state index contributed by atoms with van der Waals surface area (Å²) in [5, 5.41) is 1.08. The van der Waals surface area contributed by atoms with Crippen molar-refractivity contribution in [2.45, 2.75) is 25.3 Å². The number of rotatable bonds is 5. The van der Waals surface area contributed by atoms with Gasteiger partial charge in [0.25, 0.3) is 0 Å². The number of aromatic amines is 1. The summed E-state index contributed by atoms with van der Waals surface area (Å²) in [4.78, 5) is 19.0. The lowest BCUT2D eigenvalue weighted by atomic mass is 9.97. The van der Waals surface area contributed by atoms with Crippen molar-refractivity contribution in [3.05, 3.63) is 36.8 Å². The topological polar surface area (TPSA) is 71.9 Å². The number of H-pyrrole nitrogens is 1. The molecule has 0 unspecified atom stereocenters. The van der Waals surface area contributed by atoms with Crippen molar-refractivity contribution >= 4 is 16.9 Å². The Balaban J connectivity index is 1.58. The first-order chi connectivity index (χ1) is 11.9. The largest absolute Gasteiger partial charge is 0.383 e. The van der Waals surface area contributed by atoms with Gasteiger partial charge in [0.15, 0.2) is 0 Å². The van der Waals surface area contributed by atoms with Crippen molar-refractivity contribution in [2.75, 3.05) is 31.7 Å². The molecule has 1 atom stereocenters. The average molecular weight is 326 g/mol. The van der Waals surface area contributed by atoms with Gasteiger partial charge in [0.05, 0.1) is 12.0 Å². The van der Waals surface area contributed by atoms with Crippen LogP contribution in [0.4, 0.5) is 5.82 Å². The molecule has 3 aromatic heterocycles. The van der Waals surface area contributed by atoms with Gasteiger partial charge in [-0.25, -0.2) is 15.0 Å². The molecule has 0 aromatic carbocycles. The summed E-state index contributed by atoms with van der Waals surface area (Å²) in [6.07, 6.45) is 9.78. The number of anilines is 1. The second-order valence-corrected chi connectivity index (χ2v) is 6.19. The molecule has 7 nitrogen and oxygen atoms in total. The van der Waals surface area contributed by atoms with Crippen molar-refractivity contribution < 1.29 is 4.74 Å². The van der Waals surface area contributed by atoms with E-state index in [1.165, 1.54) is 0 Å². The van der Waals surface area contributed by atoms with Gasteiger partial charge in [0, 0.05) is 51.3 Å². The summed E-state index contributed by atoms with van der Waals surface area (Å²) in [6.45, 7) is 3.50. The van der Waals surface area contributed by atoms with Crippen LogP contribution in [0.3, 0.4) is 0 Å². The van der Waals surface area contributed by atoms with E-state index in [4.69, 9.17) is 4.74 Å². The lowest BCUT2D eigenvalue weighted by Gasteiger charge is -2.33. The zero-order valence-electron chi connectivity index (χ0n) is 13.9. The molecule has 7 heteroatoms. The Bertz CT molecular complexity index is 810. The molecule has 4 heterocycles. The smallest absolute Gasteiger partial charge is 0.142 e. The zero-order chi connectivity index (χ0) is 16.4. The normalized spacial score (nSPS) is 18.4. The minimum Gasteiger partial charge on any atom is -0.383 e. The van der Waals surface area contributed by atoms with E-state index >= 15 is 0 Å². The number of piperidine rings is 1. The summed E-state index contributed by atoms with van der Waals surface area (Å²) in [6, 6.07) is 2.05. The molecular weight excluding hydrogens is 304 g/mol. The van der Waals surface area contributed by atoms with Crippen molar-refractivity contribution in [3.8, 4) is 0 Å². The quantitative estimate of drug-likeness (QED) is 0.778. The minimum atomic E-state index is 0.412. The zero-order valence-corrected chi connectivity index (χ0v) is 13.9. The van der Waals surface area contributed by atoms with Crippen LogP contribution in [0.5, 0.6) is 0 Å². The number of nitrogens with zero attached hydrogens (tertiary/aromatic N) is 5. The van der Waals surface area contributed by atoms with E-state index in [1.54, 1.807) is 13.4 Å². The summed E-state index contributed by atoms with van der Waals surface area (Å²) >= 11 is 0. The second-order valence-electron chi connectivity index (χ2n) is 6.19. The Morgan fingerprint density at radius 2 is 2.29 bits per heavy atom. The van der Waals surface area contributed by atoms with E-state index in [-0.39, 0.29) is 0 Å². The van der Waals surface area contributed by atoms with E-state index in [2.05, 4.69) is 29.4 Å². The third kappa shape index (κ3) is 2.75. The van der Waals surface area contributed by atoms with Crippen LogP contribution in [0.1, 0.15) is 24.6 Å². The maximum atomic E-state index is 5.21. The number of methoxy groups -OCH3 is 1. The first kappa shape index (κ1) is 15.1. The highest BCUT2D eigenvalue weighted by molar-refractivity contribution is 5.87. The highest BCUT2D eigenvalue weighted by atomic mass is 16.5. The molecule has 0 aliphatic carbocycles. The van der Waals surface area contributed by atoms with E-state index in [9.17, 15) is 0 Å².